The molecular weight excluding hydrogens is 422 g/mol. The molecule has 0 saturated carbocycles. The topological polar surface area (TPSA) is 66.8 Å². The van der Waals surface area contributed by atoms with E-state index in [0.29, 0.717) is 21.9 Å². The third-order valence-corrected chi connectivity index (χ3v) is 6.49. The Bertz CT molecular complexity index is 1190. The number of Topliss-reactive ketones (excluding diaryl/α,β-unsaturated/α-hetero) is 1. The maximum absolute atomic E-state index is 13.3. The zero-order valence-corrected chi connectivity index (χ0v) is 19.3. The van der Waals surface area contributed by atoms with Crippen LogP contribution in [0.25, 0.3) is 0 Å². The highest BCUT2D eigenvalue weighted by Gasteiger charge is 2.45. The van der Waals surface area contributed by atoms with Gasteiger partial charge in [0.25, 0.3) is 5.91 Å². The number of benzene rings is 2. The average Bonchev–Trinajstić information content (AvgIpc) is 3.40. The van der Waals surface area contributed by atoms with Crippen LogP contribution in [0.5, 0.6) is 5.75 Å². The number of hydrogen-bond acceptors (Lipinski definition) is 5. The highest BCUT2D eigenvalue weighted by Crippen LogP contribution is 2.43. The fraction of sp³-hybridized carbons (Fsp3) is 0.231. The van der Waals surface area contributed by atoms with Crippen LogP contribution in [0.3, 0.4) is 0 Å². The summed E-state index contributed by atoms with van der Waals surface area (Å²) in [4.78, 5) is 28.5. The van der Waals surface area contributed by atoms with Crippen molar-refractivity contribution in [3.8, 4) is 5.75 Å². The quantitative estimate of drug-likeness (QED) is 0.499. The van der Waals surface area contributed by atoms with Crippen LogP contribution < -0.4 is 9.64 Å². The van der Waals surface area contributed by atoms with Gasteiger partial charge < -0.3 is 9.84 Å². The summed E-state index contributed by atoms with van der Waals surface area (Å²) in [7, 11) is 1.56. The first-order valence-corrected chi connectivity index (χ1v) is 11.2. The number of hydrogen-bond donors (Lipinski definition) is 1. The standard InChI is InChI=1S/C26H25NO4S/c1-26(2,3)17-10-12-18(13-11-17)27-22(16-7-5-8-19(15-16)31-4)21(24(29)25(27)30)23(28)20-9-6-14-32-20/h5-15,22,29H,1-4H3. The zero-order valence-electron chi connectivity index (χ0n) is 18.5. The maximum Gasteiger partial charge on any atom is 0.294 e. The minimum atomic E-state index is -0.771. The summed E-state index contributed by atoms with van der Waals surface area (Å²) >= 11 is 1.28. The second-order valence-corrected chi connectivity index (χ2v) is 9.67. The molecule has 0 bridgehead atoms. The highest BCUT2D eigenvalue weighted by molar-refractivity contribution is 7.12. The average molecular weight is 448 g/mol. The lowest BCUT2D eigenvalue weighted by molar-refractivity contribution is -0.117. The lowest BCUT2D eigenvalue weighted by Gasteiger charge is -2.28. The van der Waals surface area contributed by atoms with Gasteiger partial charge in [0.2, 0.25) is 5.78 Å². The van der Waals surface area contributed by atoms with Crippen molar-refractivity contribution in [1.29, 1.82) is 0 Å². The Morgan fingerprint density at radius 2 is 1.78 bits per heavy atom. The van der Waals surface area contributed by atoms with Gasteiger partial charge in [-0.15, -0.1) is 11.3 Å². The molecule has 0 saturated heterocycles. The molecule has 0 fully saturated rings. The van der Waals surface area contributed by atoms with Gasteiger partial charge in [-0.1, -0.05) is 51.1 Å². The number of nitrogens with zero attached hydrogens (tertiary/aromatic N) is 1. The van der Waals surface area contributed by atoms with Gasteiger partial charge in [0, 0.05) is 5.69 Å². The number of ketones is 1. The Kier molecular flexibility index (Phi) is 5.65. The smallest absolute Gasteiger partial charge is 0.294 e. The summed E-state index contributed by atoms with van der Waals surface area (Å²) < 4.78 is 5.37. The summed E-state index contributed by atoms with van der Waals surface area (Å²) in [5, 5.41) is 12.6. The fourth-order valence-electron chi connectivity index (χ4n) is 3.89. The van der Waals surface area contributed by atoms with E-state index in [1.54, 1.807) is 36.8 Å². The van der Waals surface area contributed by atoms with Crippen LogP contribution in [0.1, 0.15) is 47.6 Å². The molecule has 6 heteroatoms. The molecule has 2 heterocycles. The van der Waals surface area contributed by atoms with Gasteiger partial charge in [-0.25, -0.2) is 0 Å². The summed E-state index contributed by atoms with van der Waals surface area (Å²) in [6, 6.07) is 17.6. The fourth-order valence-corrected chi connectivity index (χ4v) is 4.57. The molecule has 4 rings (SSSR count). The number of carbonyl (C=O) groups is 2. The van der Waals surface area contributed by atoms with Crippen molar-refractivity contribution in [2.45, 2.75) is 32.2 Å². The minimum Gasteiger partial charge on any atom is -0.503 e. The number of carbonyl (C=O) groups excluding carboxylic acids is 2. The predicted octanol–water partition coefficient (Wildman–Crippen LogP) is 5.84. The van der Waals surface area contributed by atoms with Gasteiger partial charge in [-0.05, 0) is 52.3 Å². The Morgan fingerprint density at radius 1 is 1.06 bits per heavy atom. The molecule has 164 valence electrons. The van der Waals surface area contributed by atoms with Crippen LogP contribution in [0.4, 0.5) is 5.69 Å². The number of rotatable bonds is 5. The highest BCUT2D eigenvalue weighted by atomic mass is 32.1. The molecule has 2 aromatic carbocycles. The van der Waals surface area contributed by atoms with Crippen LogP contribution >= 0.6 is 11.3 Å². The van der Waals surface area contributed by atoms with E-state index < -0.39 is 17.7 Å². The van der Waals surface area contributed by atoms with Crippen molar-refractivity contribution in [2.24, 2.45) is 0 Å². The minimum absolute atomic E-state index is 0.0412. The van der Waals surface area contributed by atoms with E-state index in [2.05, 4.69) is 20.8 Å². The molecule has 32 heavy (non-hydrogen) atoms. The molecule has 1 N–H and O–H groups in total. The Balaban J connectivity index is 1.85. The van der Waals surface area contributed by atoms with Crippen molar-refractivity contribution in [3.05, 3.63) is 93.4 Å². The Morgan fingerprint density at radius 3 is 2.38 bits per heavy atom. The zero-order chi connectivity index (χ0) is 23.0. The van der Waals surface area contributed by atoms with Crippen LogP contribution in [0.15, 0.2) is 77.4 Å². The molecule has 1 aromatic heterocycles. The van der Waals surface area contributed by atoms with Gasteiger partial charge in [0.15, 0.2) is 5.76 Å². The maximum atomic E-state index is 13.3. The van der Waals surface area contributed by atoms with Crippen LogP contribution in [0.2, 0.25) is 0 Å². The number of aliphatic hydroxyl groups excluding tert-OH is 1. The molecule has 0 spiro atoms. The predicted molar refractivity (Wildman–Crippen MR) is 127 cm³/mol. The molecule has 1 unspecified atom stereocenters. The van der Waals surface area contributed by atoms with Crippen LogP contribution in [-0.4, -0.2) is 23.9 Å². The number of thiophene rings is 1. The van der Waals surface area contributed by atoms with E-state index in [1.807, 2.05) is 36.4 Å². The summed E-state index contributed by atoms with van der Waals surface area (Å²) in [6.45, 7) is 6.35. The Hall–Kier alpha value is -3.38. The van der Waals surface area contributed by atoms with E-state index in [0.717, 1.165) is 5.56 Å². The van der Waals surface area contributed by atoms with Crippen molar-refractivity contribution >= 4 is 28.7 Å². The van der Waals surface area contributed by atoms with E-state index >= 15 is 0 Å². The summed E-state index contributed by atoms with van der Waals surface area (Å²) in [5.74, 6) is -0.864. The van der Waals surface area contributed by atoms with Crippen molar-refractivity contribution in [1.82, 2.24) is 0 Å². The number of methoxy groups -OCH3 is 1. The molecule has 3 aromatic rings. The molecule has 1 aliphatic heterocycles. The normalized spacial score (nSPS) is 16.6. The number of aliphatic hydroxyl groups is 1. The van der Waals surface area contributed by atoms with Gasteiger partial charge >= 0.3 is 0 Å². The SMILES string of the molecule is COc1cccc(C2C(C(=O)c3cccs3)=C(O)C(=O)N2c2ccc(C(C)(C)C)cc2)c1. The van der Waals surface area contributed by atoms with Crippen molar-refractivity contribution < 1.29 is 19.4 Å². The summed E-state index contributed by atoms with van der Waals surface area (Å²) in [5.41, 5.74) is 2.45. The van der Waals surface area contributed by atoms with Gasteiger partial charge in [-0.3, -0.25) is 14.5 Å². The van der Waals surface area contributed by atoms with Crippen molar-refractivity contribution in [2.75, 3.05) is 12.0 Å². The monoisotopic (exact) mass is 447 g/mol. The van der Waals surface area contributed by atoms with Gasteiger partial charge in [-0.2, -0.15) is 0 Å². The summed E-state index contributed by atoms with van der Waals surface area (Å²) in [6.07, 6.45) is 0. The molecule has 0 aliphatic carbocycles. The number of amides is 1. The van der Waals surface area contributed by atoms with E-state index in [4.69, 9.17) is 4.74 Å². The van der Waals surface area contributed by atoms with Crippen LogP contribution in [0, 0.1) is 0 Å². The molecule has 5 nitrogen and oxygen atoms in total. The molecular formula is C26H25NO4S. The van der Waals surface area contributed by atoms with E-state index in [-0.39, 0.29) is 16.8 Å². The second kappa shape index (κ2) is 8.28. The molecule has 1 amide bonds. The molecule has 1 atom stereocenters. The third-order valence-electron chi connectivity index (χ3n) is 5.62. The first-order chi connectivity index (χ1) is 15.2. The molecule has 1 aliphatic rings. The number of anilines is 1. The first kappa shape index (κ1) is 21.8. The lowest BCUT2D eigenvalue weighted by atomic mass is 9.87. The van der Waals surface area contributed by atoms with Gasteiger partial charge in [0.1, 0.15) is 5.75 Å². The second-order valence-electron chi connectivity index (χ2n) is 8.72. The van der Waals surface area contributed by atoms with Gasteiger partial charge in [0.05, 0.1) is 23.6 Å². The lowest BCUT2D eigenvalue weighted by Crippen LogP contribution is -2.31. The number of ether oxygens (including phenoxy) is 1. The first-order valence-electron chi connectivity index (χ1n) is 10.3. The third kappa shape index (κ3) is 3.82. The van der Waals surface area contributed by atoms with Crippen LogP contribution in [-0.2, 0) is 10.2 Å². The molecule has 0 radical (unpaired) electrons. The van der Waals surface area contributed by atoms with E-state index in [1.165, 1.54) is 16.2 Å². The Labute approximate surface area is 191 Å². The van der Waals surface area contributed by atoms with E-state index in [9.17, 15) is 14.7 Å². The van der Waals surface area contributed by atoms with Crippen molar-refractivity contribution in [3.63, 3.8) is 0 Å². The largest absolute Gasteiger partial charge is 0.503 e.